The number of hydrogen-bond donors (Lipinski definition) is 0. The second-order valence-corrected chi connectivity index (χ2v) is 4.36. The topological polar surface area (TPSA) is 29.5 Å². The van der Waals surface area contributed by atoms with E-state index in [1.807, 2.05) is 0 Å². The van der Waals surface area contributed by atoms with Gasteiger partial charge in [-0.15, -0.1) is 0 Å². The number of allylic oxidation sites excluding steroid dienone is 1. The molecule has 1 saturated heterocycles. The average Bonchev–Trinajstić information content (AvgIpc) is 2.17. The first-order chi connectivity index (χ1) is 6.68. The van der Waals surface area contributed by atoms with Gasteiger partial charge >= 0.3 is 6.09 Å². The molecule has 0 bridgehead atoms. The summed E-state index contributed by atoms with van der Waals surface area (Å²) in [5.74, 6) is 0.406. The highest BCUT2D eigenvalue weighted by atomic mass is 16.6. The predicted molar refractivity (Wildman–Crippen MR) is 53.7 cm³/mol. The van der Waals surface area contributed by atoms with Crippen molar-refractivity contribution in [2.75, 3.05) is 6.54 Å². The number of rotatable bonds is 1. The van der Waals surface area contributed by atoms with Crippen molar-refractivity contribution in [3.05, 3.63) is 11.8 Å². The van der Waals surface area contributed by atoms with E-state index < -0.39 is 0 Å². The molecule has 2 aliphatic rings. The quantitative estimate of drug-likeness (QED) is 0.643. The second-order valence-electron chi connectivity index (χ2n) is 4.36. The summed E-state index contributed by atoms with van der Waals surface area (Å²) >= 11 is 0. The van der Waals surface area contributed by atoms with Crippen LogP contribution in [0.5, 0.6) is 0 Å². The molecule has 1 unspecified atom stereocenters. The van der Waals surface area contributed by atoms with Crippen LogP contribution in [0.25, 0.3) is 0 Å². The number of cyclic esters (lactones) is 1. The van der Waals surface area contributed by atoms with E-state index in [1.54, 1.807) is 4.90 Å². The van der Waals surface area contributed by atoms with Crippen LogP contribution >= 0.6 is 0 Å². The first-order valence-corrected chi connectivity index (χ1v) is 5.35. The summed E-state index contributed by atoms with van der Waals surface area (Å²) in [6, 6.07) is 0. The summed E-state index contributed by atoms with van der Waals surface area (Å²) < 4.78 is 5.36. The van der Waals surface area contributed by atoms with E-state index in [0.717, 1.165) is 25.8 Å². The summed E-state index contributed by atoms with van der Waals surface area (Å²) in [5, 5.41) is 0. The van der Waals surface area contributed by atoms with Crippen molar-refractivity contribution in [3.8, 4) is 0 Å². The van der Waals surface area contributed by atoms with Gasteiger partial charge < -0.3 is 4.74 Å². The third-order valence-corrected chi connectivity index (χ3v) is 2.94. The average molecular weight is 195 g/mol. The van der Waals surface area contributed by atoms with Gasteiger partial charge in [0.2, 0.25) is 0 Å². The number of nitrogens with zero attached hydrogens (tertiary/aromatic N) is 1. The van der Waals surface area contributed by atoms with Crippen molar-refractivity contribution in [1.29, 1.82) is 0 Å². The van der Waals surface area contributed by atoms with E-state index in [2.05, 4.69) is 19.9 Å². The molecule has 0 aromatic rings. The van der Waals surface area contributed by atoms with Gasteiger partial charge in [-0.1, -0.05) is 19.9 Å². The number of carbonyl (C=O) groups excluding carboxylic acids is 1. The maximum absolute atomic E-state index is 11.6. The first-order valence-electron chi connectivity index (χ1n) is 5.35. The standard InChI is InChI=1S/C11H17NO2/c1-8(2)10-7-9-5-3-4-6-12(9)11(13)14-10/h5,8,10H,3-4,6-7H2,1-2H3. The van der Waals surface area contributed by atoms with E-state index in [-0.39, 0.29) is 12.2 Å². The van der Waals surface area contributed by atoms with Crippen LogP contribution < -0.4 is 0 Å². The van der Waals surface area contributed by atoms with Crippen LogP contribution in [0.1, 0.15) is 33.1 Å². The Labute approximate surface area is 84.7 Å². The lowest BCUT2D eigenvalue weighted by Gasteiger charge is -2.37. The molecule has 0 aromatic carbocycles. The number of ether oxygens (including phenoxy) is 1. The maximum atomic E-state index is 11.6. The second kappa shape index (κ2) is 3.64. The Hall–Kier alpha value is -0.990. The summed E-state index contributed by atoms with van der Waals surface area (Å²) in [7, 11) is 0. The third kappa shape index (κ3) is 1.63. The number of carbonyl (C=O) groups is 1. The van der Waals surface area contributed by atoms with Gasteiger partial charge in [-0.2, -0.15) is 0 Å². The molecule has 0 spiro atoms. The van der Waals surface area contributed by atoms with Gasteiger partial charge in [-0.3, -0.25) is 4.90 Å². The Morgan fingerprint density at radius 2 is 2.36 bits per heavy atom. The predicted octanol–water partition coefficient (Wildman–Crippen LogP) is 2.53. The van der Waals surface area contributed by atoms with E-state index >= 15 is 0 Å². The van der Waals surface area contributed by atoms with Gasteiger partial charge in [0.1, 0.15) is 6.10 Å². The van der Waals surface area contributed by atoms with Gasteiger partial charge in [-0.25, -0.2) is 4.79 Å². The van der Waals surface area contributed by atoms with Gasteiger partial charge in [0.25, 0.3) is 0 Å². The third-order valence-electron chi connectivity index (χ3n) is 2.94. The SMILES string of the molecule is CC(C)C1CC2=CCCCN2C(=O)O1. The first kappa shape index (κ1) is 9.56. The fourth-order valence-electron chi connectivity index (χ4n) is 1.99. The fourth-order valence-corrected chi connectivity index (χ4v) is 1.99. The van der Waals surface area contributed by atoms with Crippen molar-refractivity contribution in [3.63, 3.8) is 0 Å². The highest BCUT2D eigenvalue weighted by molar-refractivity contribution is 5.71. The van der Waals surface area contributed by atoms with Gasteiger partial charge in [-0.05, 0) is 18.8 Å². The normalized spacial score (nSPS) is 27.1. The van der Waals surface area contributed by atoms with E-state index in [0.29, 0.717) is 5.92 Å². The lowest BCUT2D eigenvalue weighted by atomic mass is 9.98. The van der Waals surface area contributed by atoms with Gasteiger partial charge in [0.05, 0.1) is 0 Å². The molecule has 0 saturated carbocycles. The fraction of sp³-hybridized carbons (Fsp3) is 0.727. The Kier molecular flexibility index (Phi) is 2.48. The number of amides is 1. The molecule has 1 atom stereocenters. The zero-order valence-electron chi connectivity index (χ0n) is 8.82. The van der Waals surface area contributed by atoms with Crippen LogP contribution in [0.2, 0.25) is 0 Å². The molecular formula is C11H17NO2. The molecule has 0 aliphatic carbocycles. The van der Waals surface area contributed by atoms with Crippen molar-refractivity contribution in [2.45, 2.75) is 39.2 Å². The van der Waals surface area contributed by atoms with Crippen LogP contribution in [0.15, 0.2) is 11.8 Å². The minimum atomic E-state index is -0.152. The minimum Gasteiger partial charge on any atom is -0.445 e. The van der Waals surface area contributed by atoms with Crippen molar-refractivity contribution < 1.29 is 9.53 Å². The van der Waals surface area contributed by atoms with Crippen LogP contribution in [0.4, 0.5) is 4.79 Å². The number of fused-ring (bicyclic) bond motifs is 1. The molecule has 2 aliphatic heterocycles. The molecule has 2 rings (SSSR count). The Bertz CT molecular complexity index is 270. The zero-order chi connectivity index (χ0) is 10.1. The van der Waals surface area contributed by atoms with Crippen molar-refractivity contribution in [1.82, 2.24) is 4.90 Å². The lowest BCUT2D eigenvalue weighted by Crippen LogP contribution is -2.43. The van der Waals surface area contributed by atoms with Crippen LogP contribution in [-0.2, 0) is 4.74 Å². The highest BCUT2D eigenvalue weighted by Gasteiger charge is 2.33. The molecule has 1 fully saturated rings. The van der Waals surface area contributed by atoms with Crippen LogP contribution in [-0.4, -0.2) is 23.6 Å². The molecule has 2 heterocycles. The summed E-state index contributed by atoms with van der Waals surface area (Å²) in [6.45, 7) is 5.02. The molecule has 14 heavy (non-hydrogen) atoms. The monoisotopic (exact) mass is 195 g/mol. The van der Waals surface area contributed by atoms with Gasteiger partial charge in [0, 0.05) is 18.7 Å². The molecule has 78 valence electrons. The van der Waals surface area contributed by atoms with Crippen molar-refractivity contribution >= 4 is 6.09 Å². The Balaban J connectivity index is 2.14. The molecule has 3 heteroatoms. The van der Waals surface area contributed by atoms with E-state index in [1.165, 1.54) is 5.70 Å². The Morgan fingerprint density at radius 1 is 1.57 bits per heavy atom. The molecule has 0 aromatic heterocycles. The molecule has 0 radical (unpaired) electrons. The summed E-state index contributed by atoms with van der Waals surface area (Å²) in [5.41, 5.74) is 1.17. The van der Waals surface area contributed by atoms with Crippen LogP contribution in [0, 0.1) is 5.92 Å². The molecule has 3 nitrogen and oxygen atoms in total. The Morgan fingerprint density at radius 3 is 3.07 bits per heavy atom. The lowest BCUT2D eigenvalue weighted by molar-refractivity contribution is 0.0204. The summed E-state index contributed by atoms with van der Waals surface area (Å²) in [4.78, 5) is 13.4. The molecular weight excluding hydrogens is 178 g/mol. The minimum absolute atomic E-state index is 0.0723. The molecule has 0 N–H and O–H groups in total. The molecule has 1 amide bonds. The van der Waals surface area contributed by atoms with E-state index in [4.69, 9.17) is 4.74 Å². The highest BCUT2D eigenvalue weighted by Crippen LogP contribution is 2.29. The van der Waals surface area contributed by atoms with E-state index in [9.17, 15) is 4.79 Å². The van der Waals surface area contributed by atoms with Crippen molar-refractivity contribution in [2.24, 2.45) is 5.92 Å². The maximum Gasteiger partial charge on any atom is 0.414 e. The van der Waals surface area contributed by atoms with Crippen LogP contribution in [0.3, 0.4) is 0 Å². The largest absolute Gasteiger partial charge is 0.445 e. The van der Waals surface area contributed by atoms with Gasteiger partial charge in [0.15, 0.2) is 0 Å². The summed E-state index contributed by atoms with van der Waals surface area (Å²) in [6.07, 6.45) is 5.15. The number of hydrogen-bond acceptors (Lipinski definition) is 2. The zero-order valence-corrected chi connectivity index (χ0v) is 8.82. The smallest absolute Gasteiger partial charge is 0.414 e.